The summed E-state index contributed by atoms with van der Waals surface area (Å²) in [5.41, 5.74) is 1.55. The minimum absolute atomic E-state index is 0.0545. The van der Waals surface area contributed by atoms with Crippen LogP contribution in [0.2, 0.25) is 0 Å². The number of likely N-dealkylation sites (tertiary alicyclic amines) is 3. The second-order valence-electron chi connectivity index (χ2n) is 13.0. The lowest BCUT2D eigenvalue weighted by molar-refractivity contribution is -0.147. The zero-order valence-electron chi connectivity index (χ0n) is 26.0. The Morgan fingerprint density at radius 3 is 2.23 bits per heavy atom. The lowest BCUT2D eigenvalue weighted by Gasteiger charge is -2.37. The fraction of sp³-hybridized carbons (Fsp3) is 0.656. The number of nitrogens with one attached hydrogen (secondary N) is 1. The van der Waals surface area contributed by atoms with Crippen LogP contribution in [-0.4, -0.2) is 126 Å². The highest BCUT2D eigenvalue weighted by Gasteiger charge is 2.53. The number of carbonyl (C=O) groups is 5. The van der Waals surface area contributed by atoms with Gasteiger partial charge in [-0.1, -0.05) is 13.8 Å². The standard InChI is InChI=1S/C32H46N6O5/c1-21(2)19-25(33-30(41)23-8-10-24(11-9-23)35-17-15-34(4)16-18-35)31(42)37-14-12-26-29(37)28(40)20-38(26)32(43)27-7-5-6-13-36(27)22(3)39/h8-11,21,25-27,29H,5-7,12-20H2,1-4H3,(H,33,41). The van der Waals surface area contributed by atoms with Crippen LogP contribution < -0.4 is 10.2 Å². The largest absolute Gasteiger partial charge is 0.369 e. The molecule has 4 atom stereocenters. The van der Waals surface area contributed by atoms with Gasteiger partial charge < -0.3 is 29.8 Å². The molecule has 4 saturated heterocycles. The Labute approximate surface area is 254 Å². The monoisotopic (exact) mass is 594 g/mol. The number of fused-ring (bicyclic) bond motifs is 1. The van der Waals surface area contributed by atoms with Gasteiger partial charge in [-0.25, -0.2) is 0 Å². The van der Waals surface area contributed by atoms with E-state index in [0.717, 1.165) is 44.7 Å². The second kappa shape index (κ2) is 13.0. The quantitative estimate of drug-likeness (QED) is 0.507. The first-order valence-corrected chi connectivity index (χ1v) is 15.8. The Morgan fingerprint density at radius 2 is 1.58 bits per heavy atom. The first-order valence-electron chi connectivity index (χ1n) is 15.8. The molecule has 234 valence electrons. The smallest absolute Gasteiger partial charge is 0.251 e. The maximum Gasteiger partial charge on any atom is 0.251 e. The number of rotatable bonds is 7. The highest BCUT2D eigenvalue weighted by molar-refractivity contribution is 6.01. The molecule has 11 nitrogen and oxygen atoms in total. The Kier molecular flexibility index (Phi) is 9.39. The third-order valence-corrected chi connectivity index (χ3v) is 9.49. The van der Waals surface area contributed by atoms with Crippen molar-refractivity contribution >= 4 is 35.1 Å². The molecule has 4 heterocycles. The molecule has 1 N–H and O–H groups in total. The van der Waals surface area contributed by atoms with Gasteiger partial charge in [-0.05, 0) is 69.3 Å². The van der Waals surface area contributed by atoms with Crippen molar-refractivity contribution < 1.29 is 24.0 Å². The summed E-state index contributed by atoms with van der Waals surface area (Å²) in [6.45, 7) is 10.1. The van der Waals surface area contributed by atoms with E-state index in [1.54, 1.807) is 26.8 Å². The van der Waals surface area contributed by atoms with E-state index < -0.39 is 24.2 Å². The summed E-state index contributed by atoms with van der Waals surface area (Å²) in [7, 11) is 2.11. The molecule has 0 spiro atoms. The van der Waals surface area contributed by atoms with Crippen molar-refractivity contribution in [1.29, 1.82) is 0 Å². The highest BCUT2D eigenvalue weighted by Crippen LogP contribution is 2.33. The van der Waals surface area contributed by atoms with Gasteiger partial charge in [0.05, 0.1) is 12.6 Å². The molecule has 4 unspecified atom stereocenters. The molecule has 0 bridgehead atoms. The number of amides is 4. The van der Waals surface area contributed by atoms with Crippen molar-refractivity contribution in [3.8, 4) is 0 Å². The molecule has 11 heteroatoms. The van der Waals surface area contributed by atoms with E-state index in [-0.39, 0.29) is 41.9 Å². The number of Topliss-reactive ketones (excluding diaryl/α,β-unsaturated/α-hetero) is 1. The normalized spacial score (nSPS) is 25.2. The van der Waals surface area contributed by atoms with Crippen molar-refractivity contribution in [2.45, 2.75) is 77.0 Å². The Hall–Kier alpha value is -3.47. The molecule has 4 amide bonds. The van der Waals surface area contributed by atoms with Crippen LogP contribution in [-0.2, 0) is 19.2 Å². The van der Waals surface area contributed by atoms with Crippen molar-refractivity contribution in [3.05, 3.63) is 29.8 Å². The van der Waals surface area contributed by atoms with Crippen LogP contribution in [0.4, 0.5) is 5.69 Å². The molecule has 0 radical (unpaired) electrons. The second-order valence-corrected chi connectivity index (χ2v) is 13.0. The van der Waals surface area contributed by atoms with Crippen LogP contribution in [0.5, 0.6) is 0 Å². The van der Waals surface area contributed by atoms with E-state index in [9.17, 15) is 24.0 Å². The van der Waals surface area contributed by atoms with Crippen LogP contribution in [0.3, 0.4) is 0 Å². The number of piperazine rings is 1. The molecule has 4 fully saturated rings. The molecular formula is C32H46N6O5. The molecule has 0 aliphatic carbocycles. The van der Waals surface area contributed by atoms with Crippen LogP contribution >= 0.6 is 0 Å². The Bertz CT molecular complexity index is 1230. The van der Waals surface area contributed by atoms with Gasteiger partial charge in [0.15, 0.2) is 5.78 Å². The molecule has 0 saturated carbocycles. The fourth-order valence-corrected chi connectivity index (χ4v) is 7.14. The van der Waals surface area contributed by atoms with Crippen LogP contribution in [0, 0.1) is 5.92 Å². The number of benzene rings is 1. The Morgan fingerprint density at radius 1 is 0.884 bits per heavy atom. The van der Waals surface area contributed by atoms with Gasteiger partial charge >= 0.3 is 0 Å². The van der Waals surface area contributed by atoms with E-state index in [1.165, 1.54) is 6.92 Å². The minimum Gasteiger partial charge on any atom is -0.369 e. The molecule has 0 aromatic heterocycles. The zero-order chi connectivity index (χ0) is 30.8. The first-order chi connectivity index (χ1) is 20.5. The molecular weight excluding hydrogens is 548 g/mol. The number of hydrogen-bond acceptors (Lipinski definition) is 7. The van der Waals surface area contributed by atoms with E-state index in [0.29, 0.717) is 37.9 Å². The highest BCUT2D eigenvalue weighted by atomic mass is 16.2. The third kappa shape index (κ3) is 6.56. The van der Waals surface area contributed by atoms with Crippen molar-refractivity contribution in [2.75, 3.05) is 57.8 Å². The number of likely N-dealkylation sites (N-methyl/N-ethyl adjacent to an activating group) is 1. The molecule has 43 heavy (non-hydrogen) atoms. The molecule has 4 aliphatic heterocycles. The Balaban J connectivity index is 1.26. The van der Waals surface area contributed by atoms with Crippen molar-refractivity contribution in [2.24, 2.45) is 5.92 Å². The van der Waals surface area contributed by atoms with E-state index in [2.05, 4.69) is 22.2 Å². The minimum atomic E-state index is -0.785. The molecule has 4 aliphatic rings. The van der Waals surface area contributed by atoms with Crippen LogP contribution in [0.1, 0.15) is 63.2 Å². The maximum atomic E-state index is 13.9. The summed E-state index contributed by atoms with van der Waals surface area (Å²) in [4.78, 5) is 75.8. The molecule has 5 rings (SSSR count). The average molecular weight is 595 g/mol. The maximum absolute atomic E-state index is 13.9. The van der Waals surface area contributed by atoms with Gasteiger partial charge in [0, 0.05) is 57.4 Å². The number of anilines is 1. The predicted molar refractivity (Wildman–Crippen MR) is 163 cm³/mol. The van der Waals surface area contributed by atoms with Gasteiger partial charge in [0.1, 0.15) is 18.1 Å². The molecule has 1 aromatic rings. The number of ketones is 1. The van der Waals surface area contributed by atoms with Gasteiger partial charge in [-0.2, -0.15) is 0 Å². The molecule has 1 aromatic carbocycles. The van der Waals surface area contributed by atoms with E-state index in [4.69, 9.17) is 0 Å². The summed E-state index contributed by atoms with van der Waals surface area (Å²) < 4.78 is 0. The lowest BCUT2D eigenvalue weighted by atomic mass is 10.00. The lowest BCUT2D eigenvalue weighted by Crippen LogP contribution is -2.54. The van der Waals surface area contributed by atoms with Crippen molar-refractivity contribution in [3.63, 3.8) is 0 Å². The van der Waals surface area contributed by atoms with Gasteiger partial charge in [0.2, 0.25) is 17.7 Å². The number of carbonyl (C=O) groups excluding carboxylic acids is 5. The third-order valence-electron chi connectivity index (χ3n) is 9.49. The topological polar surface area (TPSA) is 114 Å². The van der Waals surface area contributed by atoms with Crippen molar-refractivity contribution in [1.82, 2.24) is 24.9 Å². The van der Waals surface area contributed by atoms with Gasteiger partial charge in [-0.3, -0.25) is 24.0 Å². The van der Waals surface area contributed by atoms with Crippen LogP contribution in [0.15, 0.2) is 24.3 Å². The number of nitrogens with zero attached hydrogens (tertiary/aromatic N) is 5. The summed E-state index contributed by atoms with van der Waals surface area (Å²) in [5.74, 6) is -0.969. The number of hydrogen-bond donors (Lipinski definition) is 1. The fourth-order valence-electron chi connectivity index (χ4n) is 7.14. The summed E-state index contributed by atoms with van der Waals surface area (Å²) >= 11 is 0. The van der Waals surface area contributed by atoms with Gasteiger partial charge in [-0.15, -0.1) is 0 Å². The van der Waals surface area contributed by atoms with Gasteiger partial charge in [0.25, 0.3) is 5.91 Å². The summed E-state index contributed by atoms with van der Waals surface area (Å²) in [6, 6.07) is 5.03. The zero-order valence-corrected chi connectivity index (χ0v) is 26.0. The number of piperidine rings is 1. The average Bonchev–Trinajstić information content (AvgIpc) is 3.57. The first kappa shape index (κ1) is 31.0. The van der Waals surface area contributed by atoms with E-state index in [1.807, 2.05) is 26.0 Å². The summed E-state index contributed by atoms with van der Waals surface area (Å²) in [5, 5.41) is 2.96. The SMILES string of the molecule is CC(=O)N1CCCCC1C(=O)N1CC(=O)C2C1CCN2C(=O)C(CC(C)C)NC(=O)c1ccc(N2CCN(C)CC2)cc1. The van der Waals surface area contributed by atoms with Crippen LogP contribution in [0.25, 0.3) is 0 Å². The predicted octanol–water partition coefficient (Wildman–Crippen LogP) is 1.36. The summed E-state index contributed by atoms with van der Waals surface area (Å²) in [6.07, 6.45) is 3.24. The van der Waals surface area contributed by atoms with E-state index >= 15 is 0 Å².